The van der Waals surface area contributed by atoms with Gasteiger partial charge in [0.15, 0.2) is 0 Å². The first-order valence-electron chi connectivity index (χ1n) is 5.44. The van der Waals surface area contributed by atoms with Crippen LogP contribution in [0.25, 0.3) is 0 Å². The van der Waals surface area contributed by atoms with Crippen molar-refractivity contribution in [2.75, 3.05) is 0 Å². The van der Waals surface area contributed by atoms with Crippen molar-refractivity contribution < 1.29 is 4.42 Å². The molecule has 2 nitrogen and oxygen atoms in total. The Labute approximate surface area is 116 Å². The van der Waals surface area contributed by atoms with Gasteiger partial charge in [-0.3, -0.25) is 0 Å². The first kappa shape index (κ1) is 13.0. The number of benzene rings is 1. The number of halogens is 2. The zero-order valence-electron chi connectivity index (χ0n) is 9.78. The number of nitriles is 1. The average Bonchev–Trinajstić information content (AvgIpc) is 2.80. The molecule has 0 amide bonds. The Morgan fingerprint density at radius 3 is 2.44 bits per heavy atom. The standard InChI is InChI=1S/C14H11Cl2NO/c1-14(9-17,8-13-3-2-4-18-13)10-5-11(15)7-12(16)6-10/h2-7H,8H2,1H3. The summed E-state index contributed by atoms with van der Waals surface area (Å²) in [4.78, 5) is 0. The van der Waals surface area contributed by atoms with Gasteiger partial charge in [-0.2, -0.15) is 5.26 Å². The van der Waals surface area contributed by atoms with Crippen LogP contribution in [0.1, 0.15) is 18.2 Å². The van der Waals surface area contributed by atoms with Crippen LogP contribution in [0.4, 0.5) is 0 Å². The van der Waals surface area contributed by atoms with Crippen molar-refractivity contribution in [2.45, 2.75) is 18.8 Å². The van der Waals surface area contributed by atoms with Gasteiger partial charge in [0.2, 0.25) is 0 Å². The van der Waals surface area contributed by atoms with Crippen LogP contribution in [0.5, 0.6) is 0 Å². The summed E-state index contributed by atoms with van der Waals surface area (Å²) in [6, 6.07) is 11.1. The number of hydrogen-bond donors (Lipinski definition) is 0. The van der Waals surface area contributed by atoms with Crippen molar-refractivity contribution >= 4 is 23.2 Å². The Hall–Kier alpha value is -1.43. The highest BCUT2D eigenvalue weighted by Crippen LogP contribution is 2.31. The fourth-order valence-corrected chi connectivity index (χ4v) is 2.37. The SMILES string of the molecule is CC(C#N)(Cc1ccco1)c1cc(Cl)cc(Cl)c1. The van der Waals surface area contributed by atoms with E-state index in [9.17, 15) is 5.26 Å². The van der Waals surface area contributed by atoms with Crippen LogP contribution >= 0.6 is 23.2 Å². The lowest BCUT2D eigenvalue weighted by molar-refractivity contribution is 0.462. The van der Waals surface area contributed by atoms with E-state index in [0.717, 1.165) is 11.3 Å². The molecule has 1 atom stereocenters. The van der Waals surface area contributed by atoms with E-state index < -0.39 is 5.41 Å². The molecular formula is C14H11Cl2NO. The number of nitrogens with zero attached hydrogens (tertiary/aromatic N) is 1. The molecule has 0 bridgehead atoms. The van der Waals surface area contributed by atoms with Gasteiger partial charge in [0, 0.05) is 16.5 Å². The van der Waals surface area contributed by atoms with E-state index in [0.29, 0.717) is 16.5 Å². The molecule has 0 aliphatic heterocycles. The zero-order valence-corrected chi connectivity index (χ0v) is 11.3. The molecule has 2 rings (SSSR count). The summed E-state index contributed by atoms with van der Waals surface area (Å²) in [6.07, 6.45) is 2.07. The van der Waals surface area contributed by atoms with Gasteiger partial charge in [0.25, 0.3) is 0 Å². The topological polar surface area (TPSA) is 36.9 Å². The fourth-order valence-electron chi connectivity index (χ4n) is 1.84. The molecule has 0 spiro atoms. The normalized spacial score (nSPS) is 13.9. The fraction of sp³-hybridized carbons (Fsp3) is 0.214. The highest BCUT2D eigenvalue weighted by Gasteiger charge is 2.28. The van der Waals surface area contributed by atoms with Crippen LogP contribution in [0.2, 0.25) is 10.0 Å². The van der Waals surface area contributed by atoms with E-state index in [1.54, 1.807) is 30.5 Å². The van der Waals surface area contributed by atoms with Crippen molar-refractivity contribution in [3.05, 3.63) is 58.0 Å². The summed E-state index contributed by atoms with van der Waals surface area (Å²) < 4.78 is 5.30. The third-order valence-electron chi connectivity index (χ3n) is 2.85. The van der Waals surface area contributed by atoms with Gasteiger partial charge in [-0.1, -0.05) is 23.2 Å². The minimum Gasteiger partial charge on any atom is -0.469 e. The summed E-state index contributed by atoms with van der Waals surface area (Å²) >= 11 is 12.0. The molecule has 0 saturated heterocycles. The van der Waals surface area contributed by atoms with Gasteiger partial charge >= 0.3 is 0 Å². The summed E-state index contributed by atoms with van der Waals surface area (Å²) in [7, 11) is 0. The highest BCUT2D eigenvalue weighted by atomic mass is 35.5. The molecule has 92 valence electrons. The van der Waals surface area contributed by atoms with E-state index in [1.165, 1.54) is 0 Å². The first-order chi connectivity index (χ1) is 8.53. The van der Waals surface area contributed by atoms with E-state index >= 15 is 0 Å². The maximum atomic E-state index is 9.44. The predicted molar refractivity (Wildman–Crippen MR) is 71.8 cm³/mol. The van der Waals surface area contributed by atoms with Crippen LogP contribution in [0, 0.1) is 11.3 Å². The van der Waals surface area contributed by atoms with Crippen molar-refractivity contribution in [3.8, 4) is 6.07 Å². The highest BCUT2D eigenvalue weighted by molar-refractivity contribution is 6.34. The van der Waals surface area contributed by atoms with Gasteiger partial charge < -0.3 is 4.42 Å². The van der Waals surface area contributed by atoms with Crippen LogP contribution in [-0.4, -0.2) is 0 Å². The minimum absolute atomic E-state index is 0.479. The second kappa shape index (κ2) is 5.06. The Morgan fingerprint density at radius 1 is 1.28 bits per heavy atom. The van der Waals surface area contributed by atoms with E-state index in [-0.39, 0.29) is 0 Å². The van der Waals surface area contributed by atoms with E-state index in [2.05, 4.69) is 6.07 Å². The maximum absolute atomic E-state index is 9.44. The maximum Gasteiger partial charge on any atom is 0.105 e. The molecule has 0 fully saturated rings. The molecule has 0 saturated carbocycles. The summed E-state index contributed by atoms with van der Waals surface area (Å²) in [6.45, 7) is 1.84. The lowest BCUT2D eigenvalue weighted by Crippen LogP contribution is -2.22. The largest absolute Gasteiger partial charge is 0.469 e. The summed E-state index contributed by atoms with van der Waals surface area (Å²) in [5.74, 6) is 0.759. The number of hydrogen-bond acceptors (Lipinski definition) is 2. The van der Waals surface area contributed by atoms with Gasteiger partial charge in [0.05, 0.1) is 17.7 Å². The number of furan rings is 1. The Kier molecular flexibility index (Phi) is 3.65. The molecule has 4 heteroatoms. The second-order valence-electron chi connectivity index (χ2n) is 4.36. The van der Waals surface area contributed by atoms with E-state index in [4.69, 9.17) is 27.6 Å². The molecule has 18 heavy (non-hydrogen) atoms. The van der Waals surface area contributed by atoms with Crippen LogP contribution in [0.15, 0.2) is 41.0 Å². The summed E-state index contributed by atoms with van der Waals surface area (Å²) in [5, 5.41) is 10.5. The summed E-state index contributed by atoms with van der Waals surface area (Å²) in [5.41, 5.74) is 0.0748. The Balaban J connectivity index is 2.40. The Morgan fingerprint density at radius 2 is 1.94 bits per heavy atom. The Bertz CT molecular complexity index is 566. The van der Waals surface area contributed by atoms with Crippen LogP contribution in [-0.2, 0) is 11.8 Å². The van der Waals surface area contributed by atoms with Crippen molar-refractivity contribution in [1.82, 2.24) is 0 Å². The first-order valence-corrected chi connectivity index (χ1v) is 6.19. The lowest BCUT2D eigenvalue weighted by Gasteiger charge is -2.21. The molecule has 1 aromatic heterocycles. The smallest absolute Gasteiger partial charge is 0.105 e. The minimum atomic E-state index is -0.716. The zero-order chi connectivity index (χ0) is 13.2. The number of rotatable bonds is 3. The van der Waals surface area contributed by atoms with Gasteiger partial charge in [-0.15, -0.1) is 0 Å². The molecular weight excluding hydrogens is 269 g/mol. The van der Waals surface area contributed by atoms with Crippen molar-refractivity contribution in [2.24, 2.45) is 0 Å². The molecule has 1 heterocycles. The molecule has 0 N–H and O–H groups in total. The predicted octanol–water partition coefficient (Wildman–Crippen LogP) is 4.61. The molecule has 0 aliphatic carbocycles. The van der Waals surface area contributed by atoms with Crippen LogP contribution < -0.4 is 0 Å². The molecule has 2 aromatic rings. The molecule has 0 aliphatic rings. The monoisotopic (exact) mass is 279 g/mol. The lowest BCUT2D eigenvalue weighted by atomic mass is 9.80. The van der Waals surface area contributed by atoms with Gasteiger partial charge in [-0.05, 0) is 42.8 Å². The quantitative estimate of drug-likeness (QED) is 0.823. The molecule has 1 unspecified atom stereocenters. The molecule has 1 aromatic carbocycles. The van der Waals surface area contributed by atoms with Gasteiger partial charge in [-0.25, -0.2) is 0 Å². The van der Waals surface area contributed by atoms with Crippen molar-refractivity contribution in [1.29, 1.82) is 5.26 Å². The van der Waals surface area contributed by atoms with Gasteiger partial charge in [0.1, 0.15) is 5.76 Å². The third kappa shape index (κ3) is 2.69. The van der Waals surface area contributed by atoms with E-state index in [1.807, 2.05) is 13.0 Å². The molecule has 0 radical (unpaired) electrons. The second-order valence-corrected chi connectivity index (χ2v) is 5.23. The van der Waals surface area contributed by atoms with Crippen LogP contribution in [0.3, 0.4) is 0 Å². The third-order valence-corrected chi connectivity index (χ3v) is 3.29. The van der Waals surface area contributed by atoms with Crippen molar-refractivity contribution in [3.63, 3.8) is 0 Å². The average molecular weight is 280 g/mol.